The second-order valence-corrected chi connectivity index (χ2v) is 4.88. The Morgan fingerprint density at radius 3 is 2.36 bits per heavy atom. The minimum atomic E-state index is 0.611. The van der Waals surface area contributed by atoms with Crippen molar-refractivity contribution in [2.45, 2.75) is 65.1 Å². The molecule has 0 aliphatic heterocycles. The summed E-state index contributed by atoms with van der Waals surface area (Å²) in [4.78, 5) is 2.68. The van der Waals surface area contributed by atoms with Crippen LogP contribution in [0.25, 0.3) is 0 Å². The first-order valence-corrected chi connectivity index (χ1v) is 6.14. The molecule has 1 aliphatic rings. The van der Waals surface area contributed by atoms with Crippen LogP contribution in [0.1, 0.15) is 47.0 Å². The van der Waals surface area contributed by atoms with E-state index in [0.717, 1.165) is 12.6 Å². The fourth-order valence-electron chi connectivity index (χ4n) is 1.95. The number of nitrogens with one attached hydrogen (secondary N) is 1. The van der Waals surface area contributed by atoms with Crippen LogP contribution in [-0.4, -0.2) is 36.1 Å². The second-order valence-electron chi connectivity index (χ2n) is 4.88. The van der Waals surface area contributed by atoms with E-state index in [-0.39, 0.29) is 0 Å². The molecule has 1 rings (SSSR count). The van der Waals surface area contributed by atoms with E-state index in [2.05, 4.69) is 37.9 Å². The van der Waals surface area contributed by atoms with Crippen LogP contribution in [0.15, 0.2) is 0 Å². The molecule has 0 saturated heterocycles. The zero-order chi connectivity index (χ0) is 10.6. The molecule has 0 spiro atoms. The molecule has 1 N–H and O–H groups in total. The van der Waals surface area contributed by atoms with Gasteiger partial charge in [0, 0.05) is 24.7 Å². The maximum Gasteiger partial charge on any atom is 0.0195 e. The van der Waals surface area contributed by atoms with Gasteiger partial charge in [-0.1, -0.05) is 20.8 Å². The highest BCUT2D eigenvalue weighted by Gasteiger charge is 2.31. The van der Waals surface area contributed by atoms with Gasteiger partial charge >= 0.3 is 0 Å². The predicted octanol–water partition coefficient (Wildman–Crippen LogP) is 2.25. The summed E-state index contributed by atoms with van der Waals surface area (Å²) in [5, 5.41) is 3.53. The lowest BCUT2D eigenvalue weighted by molar-refractivity contribution is 0.192. The molecule has 0 heterocycles. The van der Waals surface area contributed by atoms with Crippen LogP contribution in [0, 0.1) is 0 Å². The number of hydrogen-bond donors (Lipinski definition) is 1. The first kappa shape index (κ1) is 12.0. The highest BCUT2D eigenvalue weighted by atomic mass is 15.2. The Hall–Kier alpha value is -0.0800. The van der Waals surface area contributed by atoms with Crippen molar-refractivity contribution in [2.24, 2.45) is 0 Å². The molecule has 1 fully saturated rings. The zero-order valence-electron chi connectivity index (χ0n) is 10.2. The molecule has 0 radical (unpaired) electrons. The van der Waals surface area contributed by atoms with Crippen molar-refractivity contribution >= 4 is 0 Å². The lowest BCUT2D eigenvalue weighted by Gasteiger charge is -2.29. The first-order valence-electron chi connectivity index (χ1n) is 6.14. The molecule has 14 heavy (non-hydrogen) atoms. The van der Waals surface area contributed by atoms with Crippen LogP contribution in [0.5, 0.6) is 0 Å². The van der Waals surface area contributed by atoms with E-state index < -0.39 is 0 Å². The van der Waals surface area contributed by atoms with Gasteiger partial charge in [0.25, 0.3) is 0 Å². The van der Waals surface area contributed by atoms with Crippen LogP contribution >= 0.6 is 0 Å². The number of hydrogen-bond acceptors (Lipinski definition) is 2. The van der Waals surface area contributed by atoms with E-state index in [4.69, 9.17) is 0 Å². The molecule has 0 aromatic heterocycles. The van der Waals surface area contributed by atoms with E-state index in [1.54, 1.807) is 0 Å². The smallest absolute Gasteiger partial charge is 0.0195 e. The normalized spacial score (nSPS) is 19.3. The molecule has 1 atom stereocenters. The first-order chi connectivity index (χ1) is 6.65. The van der Waals surface area contributed by atoms with E-state index in [0.29, 0.717) is 12.1 Å². The summed E-state index contributed by atoms with van der Waals surface area (Å²) in [6.45, 7) is 11.5. The second kappa shape index (κ2) is 5.72. The van der Waals surface area contributed by atoms with Crippen LogP contribution in [0.3, 0.4) is 0 Å². The van der Waals surface area contributed by atoms with Gasteiger partial charge in [-0.15, -0.1) is 0 Å². The Morgan fingerprint density at radius 1 is 1.29 bits per heavy atom. The van der Waals surface area contributed by atoms with Crippen molar-refractivity contribution in [1.29, 1.82) is 0 Å². The minimum Gasteiger partial charge on any atom is -0.313 e. The number of nitrogens with zero attached hydrogens (tertiary/aromatic N) is 1. The molecular weight excluding hydrogens is 172 g/mol. The van der Waals surface area contributed by atoms with Crippen molar-refractivity contribution < 1.29 is 0 Å². The quantitative estimate of drug-likeness (QED) is 0.675. The summed E-state index contributed by atoms with van der Waals surface area (Å²) in [5.74, 6) is 0. The minimum absolute atomic E-state index is 0.611. The Morgan fingerprint density at radius 2 is 1.93 bits per heavy atom. The lowest BCUT2D eigenvalue weighted by Crippen LogP contribution is -2.43. The van der Waals surface area contributed by atoms with E-state index in [1.165, 1.54) is 25.8 Å². The molecule has 1 unspecified atom stereocenters. The third-order valence-corrected chi connectivity index (χ3v) is 2.89. The fraction of sp³-hybridized carbons (Fsp3) is 1.00. The molecule has 84 valence electrons. The maximum atomic E-state index is 3.53. The van der Waals surface area contributed by atoms with Gasteiger partial charge in [-0.3, -0.25) is 4.90 Å². The van der Waals surface area contributed by atoms with Gasteiger partial charge in [-0.25, -0.2) is 0 Å². The molecule has 0 bridgehead atoms. The van der Waals surface area contributed by atoms with Crippen molar-refractivity contribution in [1.82, 2.24) is 10.2 Å². The molecule has 2 nitrogen and oxygen atoms in total. The average molecular weight is 198 g/mol. The highest BCUT2D eigenvalue weighted by molar-refractivity contribution is 4.87. The predicted molar refractivity (Wildman–Crippen MR) is 62.6 cm³/mol. The summed E-state index contributed by atoms with van der Waals surface area (Å²) >= 11 is 0. The summed E-state index contributed by atoms with van der Waals surface area (Å²) in [5.41, 5.74) is 0. The van der Waals surface area contributed by atoms with Gasteiger partial charge < -0.3 is 5.32 Å². The summed E-state index contributed by atoms with van der Waals surface area (Å²) in [6.07, 6.45) is 4.13. The maximum absolute atomic E-state index is 3.53. The third kappa shape index (κ3) is 3.97. The van der Waals surface area contributed by atoms with Crippen LogP contribution < -0.4 is 5.32 Å². The van der Waals surface area contributed by atoms with Gasteiger partial charge in [0.2, 0.25) is 0 Å². The molecule has 0 amide bonds. The Kier molecular flexibility index (Phi) is 4.90. The number of rotatable bonds is 7. The van der Waals surface area contributed by atoms with Crippen LogP contribution in [0.4, 0.5) is 0 Å². The van der Waals surface area contributed by atoms with Crippen molar-refractivity contribution in [2.75, 3.05) is 13.1 Å². The van der Waals surface area contributed by atoms with Crippen molar-refractivity contribution in [3.05, 3.63) is 0 Å². The van der Waals surface area contributed by atoms with E-state index in [1.807, 2.05) is 0 Å². The summed E-state index contributed by atoms with van der Waals surface area (Å²) in [7, 11) is 0. The third-order valence-electron chi connectivity index (χ3n) is 2.89. The van der Waals surface area contributed by atoms with Gasteiger partial charge in [0.05, 0.1) is 0 Å². The molecular formula is C12H26N2. The summed E-state index contributed by atoms with van der Waals surface area (Å²) < 4.78 is 0. The standard InChI is InChI=1S/C12H26N2/c1-5-8-14(12-6-7-12)11(4)9-13-10(2)3/h10-13H,5-9H2,1-4H3. The average Bonchev–Trinajstić information content (AvgIpc) is 2.93. The van der Waals surface area contributed by atoms with Gasteiger partial charge in [0.15, 0.2) is 0 Å². The SMILES string of the molecule is CCCN(C(C)CNC(C)C)C1CC1. The topological polar surface area (TPSA) is 15.3 Å². The van der Waals surface area contributed by atoms with E-state index in [9.17, 15) is 0 Å². The monoisotopic (exact) mass is 198 g/mol. The van der Waals surface area contributed by atoms with Crippen LogP contribution in [0.2, 0.25) is 0 Å². The van der Waals surface area contributed by atoms with Gasteiger partial charge in [0.1, 0.15) is 0 Å². The Labute approximate surface area is 89.1 Å². The molecule has 2 heteroatoms. The highest BCUT2D eigenvalue weighted by Crippen LogP contribution is 2.28. The van der Waals surface area contributed by atoms with Crippen LogP contribution in [-0.2, 0) is 0 Å². The molecule has 0 aromatic rings. The summed E-state index contributed by atoms with van der Waals surface area (Å²) in [6, 6.07) is 2.21. The lowest BCUT2D eigenvalue weighted by atomic mass is 10.2. The van der Waals surface area contributed by atoms with Gasteiger partial charge in [-0.05, 0) is 32.7 Å². The molecule has 1 saturated carbocycles. The van der Waals surface area contributed by atoms with E-state index >= 15 is 0 Å². The molecule has 0 aromatic carbocycles. The largest absolute Gasteiger partial charge is 0.313 e. The fourth-order valence-corrected chi connectivity index (χ4v) is 1.95. The van der Waals surface area contributed by atoms with Crippen molar-refractivity contribution in [3.8, 4) is 0 Å². The zero-order valence-corrected chi connectivity index (χ0v) is 10.2. The van der Waals surface area contributed by atoms with Gasteiger partial charge in [-0.2, -0.15) is 0 Å². The van der Waals surface area contributed by atoms with Crippen molar-refractivity contribution in [3.63, 3.8) is 0 Å². The Bertz CT molecular complexity index is 152. The Balaban J connectivity index is 2.26. The molecule has 1 aliphatic carbocycles.